The highest BCUT2D eigenvalue weighted by Crippen LogP contribution is 2.49. The molecule has 0 spiro atoms. The lowest BCUT2D eigenvalue weighted by Gasteiger charge is -2.28. The summed E-state index contributed by atoms with van der Waals surface area (Å²) in [4.78, 5) is 25.7. The van der Waals surface area contributed by atoms with Crippen LogP contribution in [0.15, 0.2) is 72.8 Å². The third-order valence-electron chi connectivity index (χ3n) is 7.97. The lowest BCUT2D eigenvalue weighted by molar-refractivity contribution is -0.146. The van der Waals surface area contributed by atoms with Crippen molar-refractivity contribution in [2.24, 2.45) is 0 Å². The van der Waals surface area contributed by atoms with Gasteiger partial charge in [0.25, 0.3) is 0 Å². The standard InChI is InChI=1S/C32H34IN6O9P/c1-18(28(41)45-16-19-10-5-4-6-11-19)38-49(43,48-22-15-9-13-20-12-7-8-14-21(20)22)46-17-23-25(40)32(2,42)29(47-23)39-26-24(35-30(39)33)27(44-3)37-31(34)36-26/h4-15,18,23,25,29,40,42H,16-17H2,1-3H3,(H,38,43)(H2,34,36,37)/t18-,23+,25+,29+,32+,49?/m0/s1. The predicted octanol–water partition coefficient (Wildman–Crippen LogP) is 4.11. The number of aliphatic hydroxyl groups excluding tert-OH is 1. The molecule has 1 aliphatic heterocycles. The number of anilines is 1. The smallest absolute Gasteiger partial charge is 0.459 e. The third-order valence-corrected chi connectivity index (χ3v) is 10.4. The van der Waals surface area contributed by atoms with Gasteiger partial charge in [-0.05, 0) is 30.9 Å². The first-order valence-electron chi connectivity index (χ1n) is 15.1. The number of rotatable bonds is 12. The molecule has 17 heteroatoms. The van der Waals surface area contributed by atoms with Gasteiger partial charge in [-0.1, -0.05) is 66.7 Å². The van der Waals surface area contributed by atoms with E-state index in [1.165, 1.54) is 25.5 Å². The molecule has 258 valence electrons. The van der Waals surface area contributed by atoms with E-state index in [1.807, 2.05) is 71.1 Å². The van der Waals surface area contributed by atoms with Crippen LogP contribution in [0.2, 0.25) is 0 Å². The number of aliphatic hydroxyl groups is 2. The minimum Gasteiger partial charge on any atom is -0.479 e. The molecule has 6 atom stereocenters. The molecule has 1 fully saturated rings. The summed E-state index contributed by atoms with van der Waals surface area (Å²) >= 11 is 1.93. The summed E-state index contributed by atoms with van der Waals surface area (Å²) in [5.74, 6) is -0.463. The molecular formula is C32H34IN6O9P. The molecule has 1 saturated heterocycles. The van der Waals surface area contributed by atoms with Crippen LogP contribution in [0.25, 0.3) is 21.9 Å². The number of benzene rings is 3. The van der Waals surface area contributed by atoms with E-state index in [2.05, 4.69) is 20.0 Å². The molecule has 5 aromatic rings. The van der Waals surface area contributed by atoms with E-state index in [9.17, 15) is 19.6 Å². The first-order chi connectivity index (χ1) is 23.4. The summed E-state index contributed by atoms with van der Waals surface area (Å²) in [5, 5.41) is 26.9. The number of methoxy groups -OCH3 is 1. The van der Waals surface area contributed by atoms with Crippen LogP contribution >= 0.6 is 30.3 Å². The van der Waals surface area contributed by atoms with Crippen LogP contribution in [0, 0.1) is 3.83 Å². The second-order valence-electron chi connectivity index (χ2n) is 11.5. The van der Waals surface area contributed by atoms with Gasteiger partial charge in [0.2, 0.25) is 11.8 Å². The van der Waals surface area contributed by atoms with Crippen molar-refractivity contribution in [2.45, 2.75) is 50.5 Å². The maximum Gasteiger partial charge on any atom is 0.459 e. The van der Waals surface area contributed by atoms with Crippen molar-refractivity contribution in [3.8, 4) is 11.6 Å². The minimum atomic E-state index is -4.42. The lowest BCUT2D eigenvalue weighted by atomic mass is 9.96. The maximum absolute atomic E-state index is 14.5. The van der Waals surface area contributed by atoms with Gasteiger partial charge < -0.3 is 34.7 Å². The van der Waals surface area contributed by atoms with Crippen LogP contribution < -0.4 is 20.1 Å². The quantitative estimate of drug-likeness (QED) is 0.0608. The zero-order valence-electron chi connectivity index (χ0n) is 26.6. The van der Waals surface area contributed by atoms with Crippen LogP contribution in [-0.2, 0) is 30.0 Å². The van der Waals surface area contributed by atoms with Gasteiger partial charge in [-0.25, -0.2) is 9.55 Å². The molecule has 6 rings (SSSR count). The normalized spacial score (nSPS) is 22.5. The van der Waals surface area contributed by atoms with Crippen molar-refractivity contribution in [1.29, 1.82) is 0 Å². The monoisotopic (exact) mass is 804 g/mol. The van der Waals surface area contributed by atoms with Crippen LogP contribution in [0.5, 0.6) is 11.6 Å². The SMILES string of the molecule is COc1nc(N)nc2c1nc(I)n2[C@@H]1O[C@H](COP(=O)(N[C@@H](C)C(=O)OCc2ccccc2)Oc2cccc3ccccc23)[C@@H](O)[C@@]1(C)O. The largest absolute Gasteiger partial charge is 0.479 e. The van der Waals surface area contributed by atoms with E-state index in [4.69, 9.17) is 29.0 Å². The number of carbonyl (C=O) groups excluding carboxylic acids is 1. The number of nitrogens with two attached hydrogens (primary N) is 1. The van der Waals surface area contributed by atoms with E-state index in [0.717, 1.165) is 10.9 Å². The van der Waals surface area contributed by atoms with Gasteiger partial charge in [-0.15, -0.1) is 0 Å². The summed E-state index contributed by atoms with van der Waals surface area (Å²) in [6.07, 6.45) is -4.03. The Hall–Kier alpha value is -3.90. The Morgan fingerprint density at radius 3 is 2.59 bits per heavy atom. The first kappa shape index (κ1) is 34.9. The number of ether oxygens (including phenoxy) is 3. The highest BCUT2D eigenvalue weighted by atomic mass is 127. The molecule has 0 bridgehead atoms. The Bertz CT molecular complexity index is 2030. The number of carbonyl (C=O) groups is 1. The van der Waals surface area contributed by atoms with E-state index in [-0.39, 0.29) is 35.3 Å². The van der Waals surface area contributed by atoms with Crippen molar-refractivity contribution >= 4 is 64.2 Å². The number of nitrogens with one attached hydrogen (secondary N) is 1. The first-order valence-corrected chi connectivity index (χ1v) is 17.7. The Kier molecular flexibility index (Phi) is 10.1. The number of fused-ring (bicyclic) bond motifs is 2. The number of nitrogens with zero attached hydrogens (tertiary/aromatic N) is 4. The third kappa shape index (κ3) is 7.21. The average Bonchev–Trinajstić information content (AvgIpc) is 3.52. The van der Waals surface area contributed by atoms with Crippen molar-refractivity contribution in [3.05, 3.63) is 82.2 Å². The molecule has 0 aliphatic carbocycles. The fourth-order valence-electron chi connectivity index (χ4n) is 5.45. The molecule has 15 nitrogen and oxygen atoms in total. The summed E-state index contributed by atoms with van der Waals surface area (Å²) in [6, 6.07) is 20.5. The van der Waals surface area contributed by atoms with Gasteiger partial charge in [0, 0.05) is 28.0 Å². The van der Waals surface area contributed by atoms with Crippen LogP contribution in [0.3, 0.4) is 0 Å². The van der Waals surface area contributed by atoms with E-state index < -0.39 is 50.4 Å². The molecule has 1 unspecified atom stereocenters. The minimum absolute atomic E-state index is 0.00375. The molecule has 3 aromatic carbocycles. The van der Waals surface area contributed by atoms with Crippen LogP contribution in [0.1, 0.15) is 25.6 Å². The Morgan fingerprint density at radius 1 is 1.12 bits per heavy atom. The molecule has 1 aliphatic rings. The van der Waals surface area contributed by atoms with Crippen molar-refractivity contribution in [2.75, 3.05) is 19.5 Å². The van der Waals surface area contributed by atoms with Gasteiger partial charge in [0.1, 0.15) is 36.2 Å². The lowest BCUT2D eigenvalue weighted by Crippen LogP contribution is -2.45. The summed E-state index contributed by atoms with van der Waals surface area (Å²) in [5.41, 5.74) is 5.21. The summed E-state index contributed by atoms with van der Waals surface area (Å²) in [7, 11) is -3.01. The molecular weight excluding hydrogens is 770 g/mol. The molecule has 3 heterocycles. The van der Waals surface area contributed by atoms with E-state index in [0.29, 0.717) is 9.22 Å². The van der Waals surface area contributed by atoms with Crippen molar-refractivity contribution in [3.63, 3.8) is 0 Å². The highest BCUT2D eigenvalue weighted by molar-refractivity contribution is 14.1. The Labute approximate surface area is 294 Å². The Balaban J connectivity index is 1.25. The number of halogens is 1. The zero-order valence-corrected chi connectivity index (χ0v) is 29.6. The number of aromatic nitrogens is 4. The highest BCUT2D eigenvalue weighted by Gasteiger charge is 2.55. The summed E-state index contributed by atoms with van der Waals surface area (Å²) in [6.45, 7) is 2.31. The number of esters is 1. The number of hydrogen-bond acceptors (Lipinski definition) is 13. The number of imidazole rings is 1. The molecule has 49 heavy (non-hydrogen) atoms. The predicted molar refractivity (Wildman–Crippen MR) is 187 cm³/mol. The number of hydrogen-bond donors (Lipinski definition) is 4. The van der Waals surface area contributed by atoms with Crippen molar-refractivity contribution < 1.29 is 42.8 Å². The second-order valence-corrected chi connectivity index (χ2v) is 14.2. The van der Waals surface area contributed by atoms with Gasteiger partial charge in [0.05, 0.1) is 13.7 Å². The molecule has 0 amide bonds. The fourth-order valence-corrected chi connectivity index (χ4v) is 7.69. The van der Waals surface area contributed by atoms with Gasteiger partial charge in [-0.2, -0.15) is 15.1 Å². The maximum atomic E-state index is 14.5. The Morgan fingerprint density at radius 2 is 1.84 bits per heavy atom. The second kappa shape index (κ2) is 14.1. The number of nitrogen functional groups attached to an aromatic ring is 1. The molecule has 2 aromatic heterocycles. The van der Waals surface area contributed by atoms with Gasteiger partial charge in [-0.3, -0.25) is 13.9 Å². The zero-order chi connectivity index (χ0) is 34.9. The molecule has 0 radical (unpaired) electrons. The summed E-state index contributed by atoms with van der Waals surface area (Å²) < 4.78 is 45.0. The van der Waals surface area contributed by atoms with E-state index in [1.54, 1.807) is 24.3 Å². The topological polar surface area (TPSA) is 202 Å². The van der Waals surface area contributed by atoms with Gasteiger partial charge in [0.15, 0.2) is 21.2 Å². The van der Waals surface area contributed by atoms with Gasteiger partial charge >= 0.3 is 13.7 Å². The van der Waals surface area contributed by atoms with Crippen LogP contribution in [-0.4, -0.2) is 73.3 Å². The fraction of sp³-hybridized carbons (Fsp3) is 0.312. The molecule has 0 saturated carbocycles. The van der Waals surface area contributed by atoms with Crippen LogP contribution in [0.4, 0.5) is 5.95 Å². The molecule has 5 N–H and O–H groups in total. The van der Waals surface area contributed by atoms with E-state index >= 15 is 0 Å². The average molecular weight is 805 g/mol. The van der Waals surface area contributed by atoms with Crippen molar-refractivity contribution in [1.82, 2.24) is 24.6 Å².